The van der Waals surface area contributed by atoms with Gasteiger partial charge in [-0.25, -0.2) is 9.59 Å². The number of aliphatic hydroxyl groups excluding tert-OH is 2. The highest BCUT2D eigenvalue weighted by Gasteiger charge is 2.29. The second-order valence-electron chi connectivity index (χ2n) is 8.33. The lowest BCUT2D eigenvalue weighted by atomic mass is 9.82. The third kappa shape index (κ3) is 13.7. The monoisotopic (exact) mass is 586 g/mol. The van der Waals surface area contributed by atoms with Gasteiger partial charge in [-0.05, 0) is 49.4 Å². The van der Waals surface area contributed by atoms with Crippen molar-refractivity contribution in [3.63, 3.8) is 0 Å². The molecule has 2 aromatic carbocycles. The van der Waals surface area contributed by atoms with E-state index in [-0.39, 0.29) is 18.1 Å². The Morgan fingerprint density at radius 2 is 1.21 bits per heavy atom. The van der Waals surface area contributed by atoms with Crippen molar-refractivity contribution in [2.75, 3.05) is 0 Å². The van der Waals surface area contributed by atoms with Gasteiger partial charge in [0.25, 0.3) is 0 Å². The van der Waals surface area contributed by atoms with Gasteiger partial charge in [0.1, 0.15) is 0 Å². The molecule has 4 N–H and O–H groups in total. The molecular formula is C27H39IO6. The molecule has 34 heavy (non-hydrogen) atoms. The summed E-state index contributed by atoms with van der Waals surface area (Å²) in [6.07, 6.45) is 3.07. The highest BCUT2D eigenvalue weighted by molar-refractivity contribution is 14.1. The van der Waals surface area contributed by atoms with Crippen molar-refractivity contribution in [1.82, 2.24) is 0 Å². The highest BCUT2D eigenvalue weighted by Crippen LogP contribution is 2.27. The topological polar surface area (TPSA) is 115 Å². The smallest absolute Gasteiger partial charge is 0.335 e. The third-order valence-electron chi connectivity index (χ3n) is 5.22. The zero-order valence-electron chi connectivity index (χ0n) is 20.5. The molecule has 0 fully saturated rings. The summed E-state index contributed by atoms with van der Waals surface area (Å²) in [6.45, 7) is 8.29. The van der Waals surface area contributed by atoms with E-state index in [9.17, 15) is 19.8 Å². The van der Waals surface area contributed by atoms with Gasteiger partial charge in [0.05, 0.1) is 23.3 Å². The molecular weight excluding hydrogens is 547 g/mol. The second kappa shape index (κ2) is 18.4. The number of hydrogen-bond acceptors (Lipinski definition) is 4. The van der Waals surface area contributed by atoms with Gasteiger partial charge in [-0.3, -0.25) is 0 Å². The summed E-state index contributed by atoms with van der Waals surface area (Å²) in [5.74, 6) is -1.42. The molecule has 6 nitrogen and oxygen atoms in total. The maximum absolute atomic E-state index is 10.2. The Labute approximate surface area is 217 Å². The molecule has 0 aromatic heterocycles. The quantitative estimate of drug-likeness (QED) is 0.196. The van der Waals surface area contributed by atoms with Crippen LogP contribution in [0.3, 0.4) is 0 Å². The number of halogens is 1. The Morgan fingerprint density at radius 1 is 0.794 bits per heavy atom. The molecule has 4 unspecified atom stereocenters. The number of hydrogen-bond donors (Lipinski definition) is 4. The van der Waals surface area contributed by atoms with E-state index in [1.165, 1.54) is 0 Å². The summed E-state index contributed by atoms with van der Waals surface area (Å²) in [5, 5.41) is 36.9. The maximum Gasteiger partial charge on any atom is 0.335 e. The molecule has 0 saturated heterocycles. The van der Waals surface area contributed by atoms with Gasteiger partial charge in [0.15, 0.2) is 0 Å². The Hall–Kier alpha value is -1.97. The van der Waals surface area contributed by atoms with Crippen molar-refractivity contribution in [3.05, 3.63) is 71.8 Å². The minimum absolute atomic E-state index is 0.0131. The summed E-state index contributed by atoms with van der Waals surface area (Å²) in [5.41, 5.74) is 0.662. The minimum atomic E-state index is -0.879. The molecule has 4 atom stereocenters. The summed E-state index contributed by atoms with van der Waals surface area (Å²) < 4.78 is 0.517. The molecule has 0 spiro atoms. The molecule has 0 saturated carbocycles. The summed E-state index contributed by atoms with van der Waals surface area (Å²) >= 11 is 2.41. The van der Waals surface area contributed by atoms with E-state index >= 15 is 0 Å². The molecule has 7 heteroatoms. The fourth-order valence-corrected chi connectivity index (χ4v) is 4.57. The molecule has 0 aliphatic heterocycles. The molecule has 0 aliphatic carbocycles. The van der Waals surface area contributed by atoms with Crippen LogP contribution in [0.2, 0.25) is 0 Å². The van der Waals surface area contributed by atoms with Crippen molar-refractivity contribution in [2.45, 2.75) is 69.5 Å². The predicted octanol–water partition coefficient (Wildman–Crippen LogP) is 6.15. The summed E-state index contributed by atoms with van der Waals surface area (Å²) in [7, 11) is 0. The lowest BCUT2D eigenvalue weighted by Crippen LogP contribution is -2.36. The van der Waals surface area contributed by atoms with Gasteiger partial charge >= 0.3 is 11.9 Å². The number of carboxylic acids is 2. The van der Waals surface area contributed by atoms with Crippen molar-refractivity contribution < 1.29 is 30.0 Å². The first-order chi connectivity index (χ1) is 16.0. The van der Waals surface area contributed by atoms with Gasteiger partial charge in [0.2, 0.25) is 0 Å². The van der Waals surface area contributed by atoms with Crippen LogP contribution < -0.4 is 0 Å². The van der Waals surface area contributed by atoms with Crippen LogP contribution in [0, 0.1) is 11.8 Å². The highest BCUT2D eigenvalue weighted by atomic mass is 127. The number of aromatic carboxylic acids is 2. The number of carbonyl (C=O) groups is 2. The maximum atomic E-state index is 10.2. The average molecular weight is 587 g/mol. The number of benzene rings is 2. The van der Waals surface area contributed by atoms with E-state index in [0.717, 1.165) is 25.7 Å². The van der Waals surface area contributed by atoms with E-state index in [1.54, 1.807) is 60.7 Å². The Balaban J connectivity index is 0.000000513. The van der Waals surface area contributed by atoms with Crippen LogP contribution in [-0.2, 0) is 0 Å². The molecule has 0 bridgehead atoms. The number of rotatable bonds is 10. The third-order valence-corrected chi connectivity index (χ3v) is 6.35. The first-order valence-electron chi connectivity index (χ1n) is 11.6. The summed E-state index contributed by atoms with van der Waals surface area (Å²) in [4.78, 5) is 20.4. The first-order valence-corrected chi connectivity index (χ1v) is 12.9. The molecule has 2 aromatic rings. The average Bonchev–Trinajstić information content (AvgIpc) is 2.80. The summed E-state index contributed by atoms with van der Waals surface area (Å²) in [6, 6.07) is 16.6. The fraction of sp³-hybridized carbons (Fsp3) is 0.481. The molecule has 0 amide bonds. The van der Waals surface area contributed by atoms with Gasteiger partial charge < -0.3 is 20.4 Å². The zero-order chi connectivity index (χ0) is 26.1. The van der Waals surface area contributed by atoms with Crippen LogP contribution >= 0.6 is 22.6 Å². The van der Waals surface area contributed by atoms with Gasteiger partial charge in [-0.15, -0.1) is 0 Å². The Bertz CT molecular complexity index is 748. The van der Waals surface area contributed by atoms with Crippen LogP contribution in [0.1, 0.15) is 74.1 Å². The predicted molar refractivity (Wildman–Crippen MR) is 145 cm³/mol. The largest absolute Gasteiger partial charge is 0.478 e. The normalized spacial score (nSPS) is 13.9. The van der Waals surface area contributed by atoms with Gasteiger partial charge in [-0.1, -0.05) is 93.1 Å². The van der Waals surface area contributed by atoms with Crippen LogP contribution in [0.25, 0.3) is 0 Å². The molecule has 0 aliphatic rings. The van der Waals surface area contributed by atoms with Crippen molar-refractivity contribution in [1.29, 1.82) is 0 Å². The lowest BCUT2D eigenvalue weighted by Gasteiger charge is -2.31. The molecule has 0 heterocycles. The molecule has 0 radical (unpaired) electrons. The van der Waals surface area contributed by atoms with Crippen molar-refractivity contribution in [3.8, 4) is 0 Å². The van der Waals surface area contributed by atoms with Crippen LogP contribution in [0.4, 0.5) is 0 Å². The van der Waals surface area contributed by atoms with Gasteiger partial charge in [0, 0.05) is 9.84 Å². The molecule has 2 rings (SSSR count). The van der Waals surface area contributed by atoms with Crippen LogP contribution in [0.15, 0.2) is 60.7 Å². The molecule has 190 valence electrons. The Kier molecular flexibility index (Phi) is 17.3. The number of carboxylic acid groups (broad SMARTS) is 2. The van der Waals surface area contributed by atoms with Crippen LogP contribution in [0.5, 0.6) is 0 Å². The first kappa shape index (κ1) is 32.0. The van der Waals surface area contributed by atoms with E-state index in [0.29, 0.717) is 21.0 Å². The second-order valence-corrected chi connectivity index (χ2v) is 10.1. The van der Waals surface area contributed by atoms with E-state index in [2.05, 4.69) is 43.4 Å². The van der Waals surface area contributed by atoms with Crippen molar-refractivity contribution >= 4 is 34.5 Å². The zero-order valence-corrected chi connectivity index (χ0v) is 22.6. The SMILES string of the molecule is CCCC(I)CC(O)C(C(C)C)C(O)CC.O=C(O)c1ccccc1.O=C(O)c1ccccc1. The number of alkyl halides is 1. The Morgan fingerprint density at radius 3 is 1.47 bits per heavy atom. The fourth-order valence-electron chi connectivity index (χ4n) is 3.43. The van der Waals surface area contributed by atoms with E-state index < -0.39 is 11.9 Å². The standard InChI is InChI=1S/C13H27IO2.2C7H6O2/c1-5-7-10(14)8-12(16)13(9(3)4)11(15)6-2;2*8-7(9)6-4-2-1-3-5-6/h9-13,15-16H,5-8H2,1-4H3;2*1-5H,(H,8,9). The van der Waals surface area contributed by atoms with Crippen LogP contribution in [-0.4, -0.2) is 48.5 Å². The van der Waals surface area contributed by atoms with E-state index in [4.69, 9.17) is 10.2 Å². The van der Waals surface area contributed by atoms with Gasteiger partial charge in [-0.2, -0.15) is 0 Å². The lowest BCUT2D eigenvalue weighted by molar-refractivity contribution is -0.0163. The van der Waals surface area contributed by atoms with Crippen molar-refractivity contribution in [2.24, 2.45) is 11.8 Å². The number of aliphatic hydroxyl groups is 2. The minimum Gasteiger partial charge on any atom is -0.478 e. The van der Waals surface area contributed by atoms with E-state index in [1.807, 2.05) is 6.92 Å².